The minimum atomic E-state index is -0.895. The van der Waals surface area contributed by atoms with Crippen molar-refractivity contribution in [1.29, 1.82) is 0 Å². The highest BCUT2D eigenvalue weighted by Crippen LogP contribution is 2.18. The molecule has 1 unspecified atom stereocenters. The summed E-state index contributed by atoms with van der Waals surface area (Å²) in [6.07, 6.45) is 0. The van der Waals surface area contributed by atoms with Crippen molar-refractivity contribution in [1.82, 2.24) is 4.90 Å². The molecule has 0 bridgehead atoms. The van der Waals surface area contributed by atoms with Crippen LogP contribution in [0.25, 0.3) is 0 Å². The Labute approximate surface area is 134 Å². The Bertz CT molecular complexity index is 651. The molecule has 2 rings (SSSR count). The number of benzene rings is 1. The lowest BCUT2D eigenvalue weighted by Gasteiger charge is -2.24. The van der Waals surface area contributed by atoms with E-state index in [2.05, 4.69) is 0 Å². The number of carboxylic acid groups (broad SMARTS) is 1. The molecule has 116 valence electrons. The summed E-state index contributed by atoms with van der Waals surface area (Å²) in [5.41, 5.74) is 2.03. The summed E-state index contributed by atoms with van der Waals surface area (Å²) in [6, 6.07) is 11.5. The molecule has 5 heteroatoms. The van der Waals surface area contributed by atoms with E-state index in [4.69, 9.17) is 5.11 Å². The summed E-state index contributed by atoms with van der Waals surface area (Å²) >= 11 is 1.39. The van der Waals surface area contributed by atoms with Gasteiger partial charge in [0.05, 0.1) is 10.8 Å². The number of amides is 1. The van der Waals surface area contributed by atoms with Gasteiger partial charge in [0.1, 0.15) is 0 Å². The Morgan fingerprint density at radius 2 is 1.95 bits per heavy atom. The van der Waals surface area contributed by atoms with Crippen LogP contribution in [0.2, 0.25) is 0 Å². The summed E-state index contributed by atoms with van der Waals surface area (Å²) < 4.78 is 0. The molecule has 4 nitrogen and oxygen atoms in total. The molecule has 0 spiro atoms. The first-order chi connectivity index (χ1) is 10.5. The fourth-order valence-electron chi connectivity index (χ4n) is 2.13. The van der Waals surface area contributed by atoms with Gasteiger partial charge in [0.2, 0.25) is 0 Å². The number of carboxylic acids is 1. The lowest BCUT2D eigenvalue weighted by atomic mass is 10.1. The highest BCUT2D eigenvalue weighted by molar-refractivity contribution is 7.12. The van der Waals surface area contributed by atoms with Crippen LogP contribution in [0.1, 0.15) is 27.7 Å². The highest BCUT2D eigenvalue weighted by Gasteiger charge is 2.22. The molecule has 0 aliphatic carbocycles. The van der Waals surface area contributed by atoms with E-state index in [1.54, 1.807) is 11.8 Å². The molecular formula is C17H19NO3S. The second-order valence-corrected chi connectivity index (χ2v) is 6.31. The van der Waals surface area contributed by atoms with E-state index in [0.717, 1.165) is 11.1 Å². The van der Waals surface area contributed by atoms with Crippen LogP contribution < -0.4 is 0 Å². The molecule has 1 aromatic heterocycles. The summed E-state index contributed by atoms with van der Waals surface area (Å²) in [6.45, 7) is 4.16. The van der Waals surface area contributed by atoms with Gasteiger partial charge in [-0.15, -0.1) is 11.3 Å². The number of nitrogens with zero attached hydrogens (tertiary/aromatic N) is 1. The van der Waals surface area contributed by atoms with Crippen LogP contribution >= 0.6 is 11.3 Å². The Morgan fingerprint density at radius 1 is 1.27 bits per heavy atom. The minimum absolute atomic E-state index is 0.116. The maximum atomic E-state index is 12.7. The van der Waals surface area contributed by atoms with Crippen molar-refractivity contribution in [3.8, 4) is 0 Å². The van der Waals surface area contributed by atoms with E-state index in [1.807, 2.05) is 48.7 Å². The molecule has 1 amide bonds. The minimum Gasteiger partial charge on any atom is -0.481 e. The lowest BCUT2D eigenvalue weighted by molar-refractivity contribution is -0.141. The normalized spacial score (nSPS) is 11.9. The van der Waals surface area contributed by atoms with E-state index in [1.165, 1.54) is 11.3 Å². The average Bonchev–Trinajstić information content (AvgIpc) is 2.93. The van der Waals surface area contributed by atoms with Gasteiger partial charge in [0, 0.05) is 13.1 Å². The van der Waals surface area contributed by atoms with Crippen LogP contribution in [0.15, 0.2) is 41.8 Å². The van der Waals surface area contributed by atoms with Gasteiger partial charge in [0.15, 0.2) is 0 Å². The zero-order chi connectivity index (χ0) is 16.1. The zero-order valence-electron chi connectivity index (χ0n) is 12.7. The molecule has 0 saturated carbocycles. The summed E-state index contributed by atoms with van der Waals surface area (Å²) in [7, 11) is 0. The van der Waals surface area contributed by atoms with E-state index in [-0.39, 0.29) is 12.5 Å². The fraction of sp³-hybridized carbons (Fsp3) is 0.294. The van der Waals surface area contributed by atoms with E-state index in [9.17, 15) is 9.59 Å². The number of rotatable bonds is 6. The third-order valence-electron chi connectivity index (χ3n) is 3.36. The number of aliphatic carboxylic acids is 1. The number of carbonyl (C=O) groups excluding carboxylic acids is 1. The smallest absolute Gasteiger partial charge is 0.308 e. The molecule has 1 N–H and O–H groups in total. The van der Waals surface area contributed by atoms with Crippen LogP contribution in [0, 0.1) is 12.8 Å². The fourth-order valence-corrected chi connectivity index (χ4v) is 3.00. The first kappa shape index (κ1) is 16.2. The van der Waals surface area contributed by atoms with Crippen LogP contribution in [-0.2, 0) is 11.3 Å². The Hall–Kier alpha value is -2.14. The third-order valence-corrected chi connectivity index (χ3v) is 4.40. The Morgan fingerprint density at radius 3 is 2.50 bits per heavy atom. The number of carbonyl (C=O) groups is 2. The van der Waals surface area contributed by atoms with Gasteiger partial charge in [-0.1, -0.05) is 37.3 Å². The molecule has 2 aromatic rings. The van der Waals surface area contributed by atoms with Gasteiger partial charge in [-0.05, 0) is 29.5 Å². The maximum absolute atomic E-state index is 12.7. The van der Waals surface area contributed by atoms with Gasteiger partial charge in [0.25, 0.3) is 5.91 Å². The van der Waals surface area contributed by atoms with Crippen molar-refractivity contribution >= 4 is 23.2 Å². The monoisotopic (exact) mass is 317 g/mol. The predicted octanol–water partition coefficient (Wildman–Crippen LogP) is 3.42. The van der Waals surface area contributed by atoms with Crippen molar-refractivity contribution in [2.24, 2.45) is 5.92 Å². The highest BCUT2D eigenvalue weighted by atomic mass is 32.1. The molecule has 0 radical (unpaired) electrons. The quantitative estimate of drug-likeness (QED) is 0.888. The maximum Gasteiger partial charge on any atom is 0.308 e. The van der Waals surface area contributed by atoms with Crippen LogP contribution in [0.3, 0.4) is 0 Å². The molecule has 0 fully saturated rings. The first-order valence-corrected chi connectivity index (χ1v) is 7.96. The number of hydrogen-bond donors (Lipinski definition) is 1. The SMILES string of the molecule is Cc1csc(C(=O)N(Cc2ccccc2)CC(C)C(=O)O)c1. The number of hydrogen-bond acceptors (Lipinski definition) is 3. The number of thiophene rings is 1. The standard InChI is InChI=1S/C17H19NO3S/c1-12-8-15(22-11-12)16(19)18(9-13(2)17(20)21)10-14-6-4-3-5-7-14/h3-8,11,13H,9-10H2,1-2H3,(H,20,21). The lowest BCUT2D eigenvalue weighted by Crippen LogP contribution is -2.36. The van der Waals surface area contributed by atoms with Gasteiger partial charge >= 0.3 is 5.97 Å². The molecular weight excluding hydrogens is 298 g/mol. The van der Waals surface area contributed by atoms with Gasteiger partial charge < -0.3 is 10.0 Å². The molecule has 0 aliphatic rings. The number of aryl methyl sites for hydroxylation is 1. The third kappa shape index (κ3) is 4.18. The van der Waals surface area contributed by atoms with Crippen molar-refractivity contribution in [2.75, 3.05) is 6.54 Å². The van der Waals surface area contributed by atoms with Crippen molar-refractivity contribution in [3.05, 3.63) is 57.8 Å². The molecule has 1 heterocycles. The van der Waals surface area contributed by atoms with E-state index >= 15 is 0 Å². The van der Waals surface area contributed by atoms with Crippen molar-refractivity contribution in [3.63, 3.8) is 0 Å². The predicted molar refractivity (Wildman–Crippen MR) is 87.0 cm³/mol. The van der Waals surface area contributed by atoms with Crippen LogP contribution in [0.5, 0.6) is 0 Å². The summed E-state index contributed by atoms with van der Waals surface area (Å²) in [4.78, 5) is 26.0. The summed E-state index contributed by atoms with van der Waals surface area (Å²) in [5.74, 6) is -1.61. The molecule has 22 heavy (non-hydrogen) atoms. The van der Waals surface area contributed by atoms with E-state index < -0.39 is 11.9 Å². The average molecular weight is 317 g/mol. The van der Waals surface area contributed by atoms with E-state index in [0.29, 0.717) is 11.4 Å². The molecule has 1 aromatic carbocycles. The second-order valence-electron chi connectivity index (χ2n) is 5.40. The van der Waals surface area contributed by atoms with Gasteiger partial charge in [-0.3, -0.25) is 9.59 Å². The molecule has 0 aliphatic heterocycles. The summed E-state index contributed by atoms with van der Waals surface area (Å²) in [5, 5.41) is 11.0. The molecule has 0 saturated heterocycles. The molecule has 1 atom stereocenters. The zero-order valence-corrected chi connectivity index (χ0v) is 13.5. The van der Waals surface area contributed by atoms with Crippen LogP contribution in [-0.4, -0.2) is 28.4 Å². The van der Waals surface area contributed by atoms with Gasteiger partial charge in [-0.2, -0.15) is 0 Å². The van der Waals surface area contributed by atoms with Gasteiger partial charge in [-0.25, -0.2) is 0 Å². The second kappa shape index (κ2) is 7.22. The topological polar surface area (TPSA) is 57.6 Å². The van der Waals surface area contributed by atoms with Crippen LogP contribution in [0.4, 0.5) is 0 Å². The van der Waals surface area contributed by atoms with Crippen molar-refractivity contribution < 1.29 is 14.7 Å². The van der Waals surface area contributed by atoms with Crippen molar-refractivity contribution in [2.45, 2.75) is 20.4 Å². The Kier molecular flexibility index (Phi) is 5.33. The first-order valence-electron chi connectivity index (χ1n) is 7.08. The largest absolute Gasteiger partial charge is 0.481 e. The Balaban J connectivity index is 2.20.